The van der Waals surface area contributed by atoms with Crippen LogP contribution in [0.3, 0.4) is 0 Å². The van der Waals surface area contributed by atoms with Gasteiger partial charge in [0.2, 0.25) is 0 Å². The number of amides is 1. The maximum Gasteiger partial charge on any atom is 0.251 e. The molecule has 0 aliphatic carbocycles. The van der Waals surface area contributed by atoms with Gasteiger partial charge in [0.25, 0.3) is 5.91 Å². The molecule has 0 aliphatic heterocycles. The molecule has 21 heavy (non-hydrogen) atoms. The highest BCUT2D eigenvalue weighted by Gasteiger charge is 2.08. The second kappa shape index (κ2) is 6.59. The Bertz CT molecular complexity index is 673. The first-order valence-corrected chi connectivity index (χ1v) is 6.89. The molecule has 3 nitrogen and oxygen atoms in total. The maximum atomic E-state index is 13.7. The molecule has 0 bridgehead atoms. The van der Waals surface area contributed by atoms with E-state index in [9.17, 15) is 9.18 Å². The van der Waals surface area contributed by atoms with E-state index in [0.29, 0.717) is 28.4 Å². The predicted molar refractivity (Wildman–Crippen MR) is 83.3 cm³/mol. The van der Waals surface area contributed by atoms with E-state index in [4.69, 9.17) is 11.6 Å². The number of benzene rings is 2. The van der Waals surface area contributed by atoms with E-state index in [1.54, 1.807) is 37.4 Å². The van der Waals surface area contributed by atoms with Crippen LogP contribution in [0, 0.1) is 12.7 Å². The summed E-state index contributed by atoms with van der Waals surface area (Å²) in [6.07, 6.45) is 0. The fourth-order valence-corrected chi connectivity index (χ4v) is 2.16. The van der Waals surface area contributed by atoms with Gasteiger partial charge in [0.15, 0.2) is 0 Å². The highest BCUT2D eigenvalue weighted by atomic mass is 35.5. The molecule has 0 unspecified atom stereocenters. The first-order valence-electron chi connectivity index (χ1n) is 6.52. The molecule has 0 aromatic heterocycles. The number of nitrogens with one attached hydrogen (secondary N) is 2. The summed E-state index contributed by atoms with van der Waals surface area (Å²) in [7, 11) is 1.56. The second-order valence-electron chi connectivity index (χ2n) is 4.72. The van der Waals surface area contributed by atoms with Crippen molar-refractivity contribution in [1.82, 2.24) is 5.32 Å². The van der Waals surface area contributed by atoms with Crippen molar-refractivity contribution in [2.75, 3.05) is 12.4 Å². The number of rotatable bonds is 4. The van der Waals surface area contributed by atoms with Crippen molar-refractivity contribution in [1.29, 1.82) is 0 Å². The molecule has 0 atom stereocenters. The van der Waals surface area contributed by atoms with Crippen LogP contribution in [0.1, 0.15) is 21.5 Å². The van der Waals surface area contributed by atoms with Crippen LogP contribution in [0.2, 0.25) is 5.02 Å². The molecule has 0 fully saturated rings. The van der Waals surface area contributed by atoms with Crippen molar-refractivity contribution in [2.45, 2.75) is 13.5 Å². The molecule has 0 saturated carbocycles. The van der Waals surface area contributed by atoms with E-state index in [2.05, 4.69) is 10.6 Å². The van der Waals surface area contributed by atoms with E-state index in [1.807, 2.05) is 6.92 Å². The predicted octanol–water partition coefficient (Wildman–Crippen LogP) is 3.76. The highest BCUT2D eigenvalue weighted by molar-refractivity contribution is 6.33. The zero-order chi connectivity index (χ0) is 15.4. The SMILES string of the molecule is CNC(=O)c1ccc(Cl)c(NCc2cc(C)ccc2F)c1. The van der Waals surface area contributed by atoms with Crippen molar-refractivity contribution < 1.29 is 9.18 Å². The van der Waals surface area contributed by atoms with Gasteiger partial charge in [-0.25, -0.2) is 4.39 Å². The van der Waals surface area contributed by atoms with Crippen molar-refractivity contribution in [2.24, 2.45) is 0 Å². The third kappa shape index (κ3) is 3.73. The minimum atomic E-state index is -0.272. The summed E-state index contributed by atoms with van der Waals surface area (Å²) in [5, 5.41) is 6.10. The Morgan fingerprint density at radius 2 is 2.00 bits per heavy atom. The number of carbonyl (C=O) groups excluding carboxylic acids is 1. The molecule has 0 saturated heterocycles. The highest BCUT2D eigenvalue weighted by Crippen LogP contribution is 2.24. The van der Waals surface area contributed by atoms with Crippen molar-refractivity contribution >= 4 is 23.2 Å². The smallest absolute Gasteiger partial charge is 0.251 e. The van der Waals surface area contributed by atoms with Crippen LogP contribution < -0.4 is 10.6 Å². The maximum absolute atomic E-state index is 13.7. The fraction of sp³-hybridized carbons (Fsp3) is 0.188. The Morgan fingerprint density at radius 3 is 2.71 bits per heavy atom. The van der Waals surface area contributed by atoms with Gasteiger partial charge >= 0.3 is 0 Å². The Hall–Kier alpha value is -2.07. The molecule has 2 N–H and O–H groups in total. The zero-order valence-electron chi connectivity index (χ0n) is 11.8. The summed E-state index contributed by atoms with van der Waals surface area (Å²) < 4.78 is 13.7. The van der Waals surface area contributed by atoms with Crippen LogP contribution in [0.5, 0.6) is 0 Å². The molecule has 5 heteroatoms. The largest absolute Gasteiger partial charge is 0.380 e. The van der Waals surface area contributed by atoms with Gasteiger partial charge in [-0.3, -0.25) is 4.79 Å². The summed E-state index contributed by atoms with van der Waals surface area (Å²) in [5.41, 5.74) is 2.63. The molecular weight excluding hydrogens is 291 g/mol. The average molecular weight is 307 g/mol. The Kier molecular flexibility index (Phi) is 4.81. The topological polar surface area (TPSA) is 41.1 Å². The molecular formula is C16H16ClFN2O. The van der Waals surface area contributed by atoms with Gasteiger partial charge in [0.05, 0.1) is 10.7 Å². The lowest BCUT2D eigenvalue weighted by atomic mass is 10.1. The van der Waals surface area contributed by atoms with Crippen molar-refractivity contribution in [3.05, 3.63) is 63.9 Å². The third-order valence-electron chi connectivity index (χ3n) is 3.13. The van der Waals surface area contributed by atoms with Crippen molar-refractivity contribution in [3.63, 3.8) is 0 Å². The van der Waals surface area contributed by atoms with Gasteiger partial charge in [-0.1, -0.05) is 29.3 Å². The van der Waals surface area contributed by atoms with Crippen LogP contribution in [-0.2, 0) is 6.54 Å². The van der Waals surface area contributed by atoms with E-state index < -0.39 is 0 Å². The zero-order valence-corrected chi connectivity index (χ0v) is 12.6. The molecule has 1 amide bonds. The van der Waals surface area contributed by atoms with E-state index >= 15 is 0 Å². The molecule has 0 aliphatic rings. The summed E-state index contributed by atoms with van der Waals surface area (Å²) in [5.74, 6) is -0.469. The molecule has 2 aromatic carbocycles. The van der Waals surface area contributed by atoms with Crippen LogP contribution in [0.4, 0.5) is 10.1 Å². The lowest BCUT2D eigenvalue weighted by Crippen LogP contribution is -2.17. The Labute approximate surface area is 128 Å². The van der Waals surface area contributed by atoms with E-state index in [1.165, 1.54) is 6.07 Å². The van der Waals surface area contributed by atoms with Crippen LogP contribution in [0.15, 0.2) is 36.4 Å². The summed E-state index contributed by atoms with van der Waals surface area (Å²) in [6.45, 7) is 2.20. The lowest BCUT2D eigenvalue weighted by Gasteiger charge is -2.11. The third-order valence-corrected chi connectivity index (χ3v) is 3.46. The number of hydrogen-bond acceptors (Lipinski definition) is 2. The van der Waals surface area contributed by atoms with Gasteiger partial charge in [0, 0.05) is 24.7 Å². The van der Waals surface area contributed by atoms with E-state index in [0.717, 1.165) is 5.56 Å². The van der Waals surface area contributed by atoms with Gasteiger partial charge in [-0.05, 0) is 31.2 Å². The van der Waals surface area contributed by atoms with Crippen molar-refractivity contribution in [3.8, 4) is 0 Å². The summed E-state index contributed by atoms with van der Waals surface area (Å²) in [6, 6.07) is 9.86. The number of halogens is 2. The van der Waals surface area contributed by atoms with Crippen LogP contribution >= 0.6 is 11.6 Å². The molecule has 0 spiro atoms. The van der Waals surface area contributed by atoms with Gasteiger partial charge < -0.3 is 10.6 Å². The average Bonchev–Trinajstić information content (AvgIpc) is 2.48. The number of hydrogen-bond donors (Lipinski definition) is 2. The van der Waals surface area contributed by atoms with Gasteiger partial charge in [-0.2, -0.15) is 0 Å². The number of carbonyl (C=O) groups is 1. The number of aryl methyl sites for hydroxylation is 1. The Balaban J connectivity index is 2.19. The Morgan fingerprint density at radius 1 is 1.24 bits per heavy atom. The fourth-order valence-electron chi connectivity index (χ4n) is 1.98. The molecule has 0 heterocycles. The lowest BCUT2D eigenvalue weighted by molar-refractivity contribution is 0.0963. The van der Waals surface area contributed by atoms with E-state index in [-0.39, 0.29) is 11.7 Å². The normalized spacial score (nSPS) is 10.3. The molecule has 110 valence electrons. The molecule has 2 aromatic rings. The molecule has 2 rings (SSSR count). The first-order chi connectivity index (χ1) is 10.0. The van der Waals surface area contributed by atoms with Crippen LogP contribution in [-0.4, -0.2) is 13.0 Å². The minimum absolute atomic E-state index is 0.198. The summed E-state index contributed by atoms with van der Waals surface area (Å²) >= 11 is 6.09. The van der Waals surface area contributed by atoms with Gasteiger partial charge in [-0.15, -0.1) is 0 Å². The second-order valence-corrected chi connectivity index (χ2v) is 5.13. The van der Waals surface area contributed by atoms with Crippen LogP contribution in [0.25, 0.3) is 0 Å². The minimum Gasteiger partial charge on any atom is -0.380 e. The quantitative estimate of drug-likeness (QED) is 0.903. The summed E-state index contributed by atoms with van der Waals surface area (Å²) in [4.78, 5) is 11.6. The standard InChI is InChI=1S/C16H16ClFN2O/c1-10-3-6-14(18)12(7-10)9-20-15-8-11(16(21)19-2)4-5-13(15)17/h3-8,20H,9H2,1-2H3,(H,19,21). The number of anilines is 1. The molecule has 0 radical (unpaired) electrons. The first kappa shape index (κ1) is 15.3. The monoisotopic (exact) mass is 306 g/mol. The van der Waals surface area contributed by atoms with Gasteiger partial charge in [0.1, 0.15) is 5.82 Å².